The lowest BCUT2D eigenvalue weighted by molar-refractivity contribution is -0.253. The topological polar surface area (TPSA) is 108 Å². The number of amides is 1. The van der Waals surface area contributed by atoms with Crippen LogP contribution in [0.2, 0.25) is 0 Å². The Morgan fingerprint density at radius 1 is 0.841 bits per heavy atom. The Morgan fingerprint density at radius 2 is 1.55 bits per heavy atom. The lowest BCUT2D eigenvalue weighted by Crippen LogP contribution is -2.41. The van der Waals surface area contributed by atoms with E-state index in [2.05, 4.69) is 40.5 Å². The number of aliphatic hydroxyl groups excluding tert-OH is 1. The highest BCUT2D eigenvalue weighted by molar-refractivity contribution is 5.76. The van der Waals surface area contributed by atoms with Gasteiger partial charge in [-0.1, -0.05) is 79.2 Å². The molecule has 2 fully saturated rings. The van der Waals surface area contributed by atoms with Crippen LogP contribution in [0.1, 0.15) is 86.0 Å². The number of carbonyl (C=O) groups is 2. The van der Waals surface area contributed by atoms with Crippen molar-refractivity contribution >= 4 is 11.9 Å². The molecule has 2 heterocycles. The van der Waals surface area contributed by atoms with Crippen molar-refractivity contribution in [3.63, 3.8) is 0 Å². The number of likely N-dealkylation sites (tertiary alicyclic amines) is 1. The van der Waals surface area contributed by atoms with Crippen LogP contribution in [-0.4, -0.2) is 52.7 Å². The van der Waals surface area contributed by atoms with Gasteiger partial charge in [0.25, 0.3) is 0 Å². The van der Waals surface area contributed by atoms with Gasteiger partial charge in [0, 0.05) is 37.9 Å². The molecule has 0 saturated carbocycles. The summed E-state index contributed by atoms with van der Waals surface area (Å²) in [7, 11) is 0. The van der Waals surface area contributed by atoms with E-state index in [0.29, 0.717) is 25.8 Å². The summed E-state index contributed by atoms with van der Waals surface area (Å²) in [5.74, 6) is -0.913. The number of carbonyl (C=O) groups excluding carboxylic acids is 1. The van der Waals surface area contributed by atoms with E-state index >= 15 is 0 Å². The molecule has 2 aliphatic heterocycles. The first-order chi connectivity index (χ1) is 21.5. The summed E-state index contributed by atoms with van der Waals surface area (Å²) < 4.78 is 13.1. The molecule has 0 spiro atoms. The highest BCUT2D eigenvalue weighted by Gasteiger charge is 2.33. The first-order valence-corrected chi connectivity index (χ1v) is 15.9. The van der Waals surface area contributed by atoms with E-state index < -0.39 is 12.3 Å². The summed E-state index contributed by atoms with van der Waals surface area (Å²) in [5, 5.41) is 21.3. The Balaban J connectivity index is 1.26. The number of benzene rings is 3. The fraction of sp³-hybridized carbons (Fsp3) is 0.444. The number of aliphatic carboxylic acids is 1. The molecular formula is C36H44N2O6. The van der Waals surface area contributed by atoms with E-state index in [1.54, 1.807) is 0 Å². The van der Waals surface area contributed by atoms with Gasteiger partial charge in [0.05, 0.1) is 18.8 Å². The number of rotatable bonds is 13. The van der Waals surface area contributed by atoms with Gasteiger partial charge >= 0.3 is 5.97 Å². The largest absolute Gasteiger partial charge is 0.481 e. The number of ether oxygens (including phenoxy) is 2. The zero-order valence-electron chi connectivity index (χ0n) is 25.3. The number of carboxylic acid groups (broad SMARTS) is 1. The van der Waals surface area contributed by atoms with E-state index in [4.69, 9.17) is 14.6 Å². The molecule has 3 aromatic carbocycles. The highest BCUT2D eigenvalue weighted by Crippen LogP contribution is 2.39. The van der Waals surface area contributed by atoms with E-state index in [9.17, 15) is 14.7 Å². The van der Waals surface area contributed by atoms with E-state index in [-0.39, 0.29) is 31.1 Å². The third-order valence-corrected chi connectivity index (χ3v) is 8.56. The van der Waals surface area contributed by atoms with Crippen LogP contribution in [0.3, 0.4) is 0 Å². The number of unbranched alkanes of at least 4 members (excludes halogenated alkanes) is 1. The van der Waals surface area contributed by atoms with Crippen molar-refractivity contribution in [2.75, 3.05) is 19.6 Å². The SMILES string of the molecule is O=C(O)CCCCC(=O)NCc1ccccc1-c1ccc(C2OC(CN3CCCCC3)CC(c3ccc(CO)cc3)O2)cc1. The van der Waals surface area contributed by atoms with Gasteiger partial charge < -0.3 is 29.9 Å². The number of nitrogens with zero attached hydrogens (tertiary/aromatic N) is 1. The molecule has 0 aliphatic carbocycles. The van der Waals surface area contributed by atoms with E-state index in [1.807, 2.05) is 42.5 Å². The average molecular weight is 601 g/mol. The maximum absolute atomic E-state index is 12.3. The van der Waals surface area contributed by atoms with Gasteiger partial charge in [0.2, 0.25) is 5.91 Å². The van der Waals surface area contributed by atoms with Crippen molar-refractivity contribution in [2.24, 2.45) is 0 Å². The lowest BCUT2D eigenvalue weighted by atomic mass is 9.97. The second-order valence-corrected chi connectivity index (χ2v) is 11.9. The minimum absolute atomic E-state index is 0.0194. The molecule has 3 aromatic rings. The first kappa shape index (κ1) is 31.9. The number of piperidine rings is 1. The van der Waals surface area contributed by atoms with E-state index in [0.717, 1.165) is 59.4 Å². The number of nitrogens with one attached hydrogen (secondary N) is 1. The van der Waals surface area contributed by atoms with E-state index in [1.165, 1.54) is 19.3 Å². The molecule has 3 unspecified atom stereocenters. The standard InChI is InChI=1S/C36H44N2O6/c39-25-26-12-14-28(15-13-26)33-22-31(24-38-20-6-1-7-21-38)43-36(44-33)29-18-16-27(17-19-29)32-9-3-2-8-30(32)23-37-34(40)10-4-5-11-35(41)42/h2-3,8-9,12-19,31,33,36,39H,1,4-7,10-11,20-25H2,(H,37,40)(H,41,42). The number of aliphatic hydroxyl groups is 1. The van der Waals surface area contributed by atoms with Gasteiger partial charge in [0.15, 0.2) is 6.29 Å². The molecule has 0 aromatic heterocycles. The molecule has 1 amide bonds. The van der Waals surface area contributed by atoms with Crippen LogP contribution in [0, 0.1) is 0 Å². The van der Waals surface area contributed by atoms with Crippen LogP contribution < -0.4 is 5.32 Å². The normalized spacial score (nSPS) is 20.7. The fourth-order valence-corrected chi connectivity index (χ4v) is 6.08. The molecule has 234 valence electrons. The van der Waals surface area contributed by atoms with Gasteiger partial charge in [-0.05, 0) is 66.6 Å². The van der Waals surface area contributed by atoms with Gasteiger partial charge in [-0.15, -0.1) is 0 Å². The van der Waals surface area contributed by atoms with Crippen molar-refractivity contribution in [1.82, 2.24) is 10.2 Å². The third kappa shape index (κ3) is 8.99. The molecule has 44 heavy (non-hydrogen) atoms. The van der Waals surface area contributed by atoms with Gasteiger partial charge in [-0.25, -0.2) is 0 Å². The predicted molar refractivity (Wildman–Crippen MR) is 169 cm³/mol. The Kier molecular flexibility index (Phi) is 11.5. The van der Waals surface area contributed by atoms with Crippen molar-refractivity contribution in [1.29, 1.82) is 0 Å². The molecule has 8 nitrogen and oxygen atoms in total. The summed E-state index contributed by atoms with van der Waals surface area (Å²) in [4.78, 5) is 25.5. The minimum atomic E-state index is -0.836. The van der Waals surface area contributed by atoms with Crippen molar-refractivity contribution in [2.45, 2.75) is 83.0 Å². The van der Waals surface area contributed by atoms with Crippen molar-refractivity contribution < 1.29 is 29.3 Å². The molecule has 5 rings (SSSR count). The Labute approximate surface area is 260 Å². The summed E-state index contributed by atoms with van der Waals surface area (Å²) in [6.45, 7) is 3.54. The molecule has 2 aliphatic rings. The molecular weight excluding hydrogens is 556 g/mol. The Bertz CT molecular complexity index is 1350. The third-order valence-electron chi connectivity index (χ3n) is 8.56. The maximum Gasteiger partial charge on any atom is 0.303 e. The lowest BCUT2D eigenvalue weighted by Gasteiger charge is -2.39. The second kappa shape index (κ2) is 16.0. The molecule has 0 bridgehead atoms. The smallest absolute Gasteiger partial charge is 0.303 e. The van der Waals surface area contributed by atoms with Crippen LogP contribution in [0.5, 0.6) is 0 Å². The number of hydrogen-bond acceptors (Lipinski definition) is 6. The molecule has 3 N–H and O–H groups in total. The highest BCUT2D eigenvalue weighted by atomic mass is 16.7. The average Bonchev–Trinajstić information content (AvgIpc) is 3.06. The molecule has 8 heteroatoms. The second-order valence-electron chi connectivity index (χ2n) is 11.9. The summed E-state index contributed by atoms with van der Waals surface area (Å²) in [5.41, 5.74) is 6.03. The predicted octanol–water partition coefficient (Wildman–Crippen LogP) is 6.14. The number of carboxylic acids is 1. The van der Waals surface area contributed by atoms with Gasteiger partial charge in [0.1, 0.15) is 0 Å². The zero-order valence-corrected chi connectivity index (χ0v) is 25.3. The van der Waals surface area contributed by atoms with Crippen LogP contribution in [-0.2, 0) is 32.2 Å². The van der Waals surface area contributed by atoms with Crippen LogP contribution in [0.4, 0.5) is 0 Å². The summed E-state index contributed by atoms with van der Waals surface area (Å²) in [6.07, 6.45) is 5.44. The summed E-state index contributed by atoms with van der Waals surface area (Å²) >= 11 is 0. The van der Waals surface area contributed by atoms with Crippen molar-refractivity contribution in [3.8, 4) is 11.1 Å². The first-order valence-electron chi connectivity index (χ1n) is 15.9. The molecule has 0 radical (unpaired) electrons. The van der Waals surface area contributed by atoms with Crippen LogP contribution in [0.15, 0.2) is 72.8 Å². The summed E-state index contributed by atoms with van der Waals surface area (Å²) in [6, 6.07) is 24.3. The fourth-order valence-electron chi connectivity index (χ4n) is 6.08. The Morgan fingerprint density at radius 3 is 2.27 bits per heavy atom. The van der Waals surface area contributed by atoms with Crippen LogP contribution >= 0.6 is 0 Å². The quantitative estimate of drug-likeness (QED) is 0.202. The number of hydrogen-bond donors (Lipinski definition) is 3. The van der Waals surface area contributed by atoms with Crippen LogP contribution in [0.25, 0.3) is 11.1 Å². The maximum atomic E-state index is 12.3. The minimum Gasteiger partial charge on any atom is -0.481 e. The van der Waals surface area contributed by atoms with Crippen molar-refractivity contribution in [3.05, 3.63) is 95.1 Å². The van der Waals surface area contributed by atoms with Gasteiger partial charge in [-0.2, -0.15) is 0 Å². The van der Waals surface area contributed by atoms with Gasteiger partial charge in [-0.3, -0.25) is 9.59 Å². The molecule has 3 atom stereocenters. The Hall–Kier alpha value is -3.56. The molecule has 2 saturated heterocycles. The monoisotopic (exact) mass is 600 g/mol. The zero-order chi connectivity index (χ0) is 30.7.